The molecule has 2 N–H and O–H groups in total. The standard InChI is InChI=1S/C11H10BrN3O3S/c1-6-2-9(8(12)3-10(6)15(17)18)13-4-7-5-19-11(16)14-7/h2-3,5,13H,4H2,1H3,(H,14,16). The van der Waals surface area contributed by atoms with E-state index in [0.717, 1.165) is 22.7 Å². The van der Waals surface area contributed by atoms with Crippen molar-refractivity contribution >= 4 is 38.6 Å². The zero-order valence-corrected chi connectivity index (χ0v) is 12.3. The molecule has 19 heavy (non-hydrogen) atoms. The van der Waals surface area contributed by atoms with E-state index in [1.54, 1.807) is 18.4 Å². The lowest BCUT2D eigenvalue weighted by Gasteiger charge is -2.08. The highest BCUT2D eigenvalue weighted by Crippen LogP contribution is 2.30. The van der Waals surface area contributed by atoms with Crippen LogP contribution < -0.4 is 10.2 Å². The lowest BCUT2D eigenvalue weighted by atomic mass is 10.2. The Morgan fingerprint density at radius 2 is 2.26 bits per heavy atom. The van der Waals surface area contributed by atoms with Crippen molar-refractivity contribution in [2.24, 2.45) is 0 Å². The van der Waals surface area contributed by atoms with Crippen molar-refractivity contribution in [1.82, 2.24) is 4.98 Å². The van der Waals surface area contributed by atoms with Crippen LogP contribution in [0.3, 0.4) is 0 Å². The minimum Gasteiger partial charge on any atom is -0.379 e. The second-order valence-corrected chi connectivity index (χ2v) is 5.60. The first-order chi connectivity index (χ1) is 8.97. The van der Waals surface area contributed by atoms with Gasteiger partial charge in [-0.1, -0.05) is 11.3 Å². The number of hydrogen-bond donors (Lipinski definition) is 2. The van der Waals surface area contributed by atoms with Crippen LogP contribution in [0.1, 0.15) is 11.3 Å². The van der Waals surface area contributed by atoms with E-state index in [9.17, 15) is 14.9 Å². The van der Waals surface area contributed by atoms with Gasteiger partial charge in [0.2, 0.25) is 0 Å². The predicted molar refractivity (Wildman–Crippen MR) is 77.8 cm³/mol. The molecule has 0 amide bonds. The number of H-pyrrole nitrogens is 1. The van der Waals surface area contributed by atoms with Crippen molar-refractivity contribution in [1.29, 1.82) is 0 Å². The van der Waals surface area contributed by atoms with Crippen LogP contribution in [0.4, 0.5) is 11.4 Å². The first kappa shape index (κ1) is 13.8. The highest BCUT2D eigenvalue weighted by atomic mass is 79.9. The highest BCUT2D eigenvalue weighted by Gasteiger charge is 2.14. The number of aromatic amines is 1. The van der Waals surface area contributed by atoms with Crippen LogP contribution in [-0.2, 0) is 6.54 Å². The summed E-state index contributed by atoms with van der Waals surface area (Å²) >= 11 is 4.39. The number of nitro benzene ring substituents is 1. The molecule has 0 saturated carbocycles. The van der Waals surface area contributed by atoms with Gasteiger partial charge in [-0.2, -0.15) is 0 Å². The minimum absolute atomic E-state index is 0.0707. The molecule has 8 heteroatoms. The molecule has 0 aliphatic rings. The van der Waals surface area contributed by atoms with Crippen LogP contribution >= 0.6 is 27.3 Å². The maximum Gasteiger partial charge on any atom is 0.304 e. The van der Waals surface area contributed by atoms with Gasteiger partial charge in [-0.3, -0.25) is 14.9 Å². The molecule has 0 radical (unpaired) electrons. The Kier molecular flexibility index (Phi) is 4.01. The van der Waals surface area contributed by atoms with Crippen molar-refractivity contribution in [3.63, 3.8) is 0 Å². The average molecular weight is 344 g/mol. The zero-order valence-electron chi connectivity index (χ0n) is 9.90. The molecule has 0 aliphatic carbocycles. The number of benzene rings is 1. The second kappa shape index (κ2) is 5.54. The summed E-state index contributed by atoms with van der Waals surface area (Å²) in [7, 11) is 0. The Morgan fingerprint density at radius 3 is 2.84 bits per heavy atom. The van der Waals surface area contributed by atoms with Crippen molar-refractivity contribution in [3.05, 3.63) is 53.0 Å². The summed E-state index contributed by atoms with van der Waals surface area (Å²) in [6.07, 6.45) is 0. The van der Waals surface area contributed by atoms with E-state index in [1.165, 1.54) is 6.07 Å². The molecule has 0 fully saturated rings. The average Bonchev–Trinajstić information content (AvgIpc) is 2.75. The molecule has 1 aromatic carbocycles. The Hall–Kier alpha value is -1.67. The largest absolute Gasteiger partial charge is 0.379 e. The van der Waals surface area contributed by atoms with Gasteiger partial charge in [0.25, 0.3) is 5.69 Å². The highest BCUT2D eigenvalue weighted by molar-refractivity contribution is 9.10. The van der Waals surface area contributed by atoms with Gasteiger partial charge in [0.1, 0.15) is 0 Å². The number of nitrogens with zero attached hydrogens (tertiary/aromatic N) is 1. The van der Waals surface area contributed by atoms with E-state index in [0.29, 0.717) is 16.6 Å². The van der Waals surface area contributed by atoms with Gasteiger partial charge in [-0.15, -0.1) is 0 Å². The number of nitrogens with one attached hydrogen (secondary N) is 2. The van der Waals surface area contributed by atoms with Gasteiger partial charge >= 0.3 is 4.87 Å². The molecule has 0 aliphatic heterocycles. The van der Waals surface area contributed by atoms with E-state index >= 15 is 0 Å². The molecule has 2 aromatic rings. The molecule has 0 unspecified atom stereocenters. The summed E-state index contributed by atoms with van der Waals surface area (Å²) in [6.45, 7) is 2.14. The van der Waals surface area contributed by atoms with Crippen molar-refractivity contribution in [2.75, 3.05) is 5.32 Å². The third kappa shape index (κ3) is 3.21. The van der Waals surface area contributed by atoms with Crippen LogP contribution in [0.25, 0.3) is 0 Å². The maximum absolute atomic E-state index is 11.0. The van der Waals surface area contributed by atoms with Crippen LogP contribution in [0.2, 0.25) is 0 Å². The molecule has 1 heterocycles. The van der Waals surface area contributed by atoms with Crippen molar-refractivity contribution < 1.29 is 4.92 Å². The number of hydrogen-bond acceptors (Lipinski definition) is 5. The number of anilines is 1. The summed E-state index contributed by atoms with van der Waals surface area (Å²) in [5, 5.41) is 15.6. The second-order valence-electron chi connectivity index (χ2n) is 3.90. The fourth-order valence-electron chi connectivity index (χ4n) is 1.59. The molecule has 0 spiro atoms. The summed E-state index contributed by atoms with van der Waals surface area (Å²) in [5.74, 6) is 0. The van der Waals surface area contributed by atoms with Crippen LogP contribution in [0.5, 0.6) is 0 Å². The van der Waals surface area contributed by atoms with Gasteiger partial charge in [-0.25, -0.2) is 0 Å². The molecule has 1 aromatic heterocycles. The third-order valence-corrected chi connectivity index (χ3v) is 3.90. The minimum atomic E-state index is -0.416. The van der Waals surface area contributed by atoms with Crippen molar-refractivity contribution in [3.8, 4) is 0 Å². The van der Waals surface area contributed by atoms with Gasteiger partial charge in [0.05, 0.1) is 11.5 Å². The molecule has 2 rings (SSSR count). The Balaban J connectivity index is 2.19. The van der Waals surface area contributed by atoms with E-state index in [4.69, 9.17) is 0 Å². The molecule has 0 saturated heterocycles. The monoisotopic (exact) mass is 343 g/mol. The number of halogens is 1. The van der Waals surface area contributed by atoms with Crippen LogP contribution in [0, 0.1) is 17.0 Å². The van der Waals surface area contributed by atoms with Gasteiger partial charge in [0, 0.05) is 32.9 Å². The molecule has 6 nitrogen and oxygen atoms in total. The summed E-state index contributed by atoms with van der Waals surface area (Å²) < 4.78 is 0.613. The van der Waals surface area contributed by atoms with Crippen molar-refractivity contribution in [2.45, 2.75) is 13.5 Å². The SMILES string of the molecule is Cc1cc(NCc2csc(=O)[nH]2)c(Br)cc1[N+](=O)[O-]. The number of thiazole rings is 1. The lowest BCUT2D eigenvalue weighted by molar-refractivity contribution is -0.385. The molecular formula is C11H10BrN3O3S. The van der Waals surface area contributed by atoms with Gasteiger partial charge in [0.15, 0.2) is 0 Å². The van der Waals surface area contributed by atoms with Gasteiger partial charge < -0.3 is 10.3 Å². The molecular weight excluding hydrogens is 334 g/mol. The smallest absolute Gasteiger partial charge is 0.304 e. The number of rotatable bonds is 4. The normalized spacial score (nSPS) is 10.4. The molecule has 0 atom stereocenters. The van der Waals surface area contributed by atoms with E-state index < -0.39 is 4.92 Å². The fraction of sp³-hybridized carbons (Fsp3) is 0.182. The van der Waals surface area contributed by atoms with E-state index in [2.05, 4.69) is 26.2 Å². The van der Waals surface area contributed by atoms with E-state index in [1.807, 2.05) is 0 Å². The van der Waals surface area contributed by atoms with Crippen LogP contribution in [-0.4, -0.2) is 9.91 Å². The lowest BCUT2D eigenvalue weighted by Crippen LogP contribution is -2.04. The summed E-state index contributed by atoms with van der Waals surface area (Å²) in [6, 6.07) is 3.17. The van der Waals surface area contributed by atoms with E-state index in [-0.39, 0.29) is 10.6 Å². The zero-order chi connectivity index (χ0) is 14.0. The van der Waals surface area contributed by atoms with Crippen LogP contribution in [0.15, 0.2) is 26.8 Å². The Labute approximate surface area is 120 Å². The summed E-state index contributed by atoms with van der Waals surface area (Å²) in [4.78, 5) is 24.0. The first-order valence-corrected chi connectivity index (χ1v) is 6.99. The Bertz CT molecular complexity index is 680. The summed E-state index contributed by atoms with van der Waals surface area (Å²) in [5.41, 5.74) is 2.17. The number of aryl methyl sites for hydroxylation is 1. The number of aromatic nitrogens is 1. The third-order valence-electron chi connectivity index (χ3n) is 2.52. The molecule has 100 valence electrons. The maximum atomic E-state index is 11.0. The Morgan fingerprint density at radius 1 is 1.53 bits per heavy atom. The quantitative estimate of drug-likeness (QED) is 0.659. The number of nitro groups is 1. The van der Waals surface area contributed by atoms with Gasteiger partial charge in [-0.05, 0) is 28.9 Å². The topological polar surface area (TPSA) is 88.0 Å². The fourth-order valence-corrected chi connectivity index (χ4v) is 2.65. The predicted octanol–water partition coefficient (Wildman–Crippen LogP) is 3.03. The molecule has 0 bridgehead atoms. The first-order valence-electron chi connectivity index (χ1n) is 5.32.